The molecule has 1 N–H and O–H groups in total. The van der Waals surface area contributed by atoms with Crippen LogP contribution in [0, 0.1) is 11.6 Å². The third-order valence-corrected chi connectivity index (χ3v) is 3.52. The predicted molar refractivity (Wildman–Crippen MR) is 66.3 cm³/mol. The van der Waals surface area contributed by atoms with Gasteiger partial charge < -0.3 is 10.0 Å². The Morgan fingerprint density at radius 2 is 1.73 bits per heavy atom. The van der Waals surface area contributed by atoms with Crippen molar-refractivity contribution in [3.8, 4) is 0 Å². The highest BCUT2D eigenvalue weighted by Gasteiger charge is 2.46. The largest absolute Gasteiger partial charge is 0.465 e. The molecule has 0 aliphatic carbocycles. The summed E-state index contributed by atoms with van der Waals surface area (Å²) in [6.45, 7) is -0.587. The van der Waals surface area contributed by atoms with Crippen molar-refractivity contribution in [2.24, 2.45) is 0 Å². The predicted octanol–water partition coefficient (Wildman–Crippen LogP) is 2.86. The van der Waals surface area contributed by atoms with Gasteiger partial charge in [0.15, 0.2) is 0 Å². The zero-order valence-corrected chi connectivity index (χ0v) is 11.3. The molecule has 1 atom stereocenters. The van der Waals surface area contributed by atoms with Gasteiger partial charge in [-0.25, -0.2) is 13.6 Å². The van der Waals surface area contributed by atoms with Crippen LogP contribution in [0.5, 0.6) is 0 Å². The fourth-order valence-corrected chi connectivity index (χ4v) is 2.47. The van der Waals surface area contributed by atoms with E-state index >= 15 is 0 Å². The second-order valence-corrected chi connectivity index (χ2v) is 4.92. The van der Waals surface area contributed by atoms with E-state index in [4.69, 9.17) is 5.11 Å². The van der Waals surface area contributed by atoms with Gasteiger partial charge in [0.05, 0.1) is 0 Å². The van der Waals surface area contributed by atoms with Gasteiger partial charge in [-0.15, -0.1) is 0 Å². The molecule has 1 aromatic rings. The van der Waals surface area contributed by atoms with Crippen molar-refractivity contribution < 1.29 is 31.9 Å². The minimum absolute atomic E-state index is 0.106. The molecule has 1 unspecified atom stereocenters. The summed E-state index contributed by atoms with van der Waals surface area (Å²) in [5.74, 6) is -2.24. The van der Waals surface area contributed by atoms with Crippen LogP contribution in [0.3, 0.4) is 0 Å². The molecule has 0 spiro atoms. The average molecular weight is 324 g/mol. The van der Waals surface area contributed by atoms with E-state index in [0.717, 1.165) is 21.9 Å². The Labute approximate surface area is 122 Å². The minimum Gasteiger partial charge on any atom is -0.465 e. The number of hydrogen-bond donors (Lipinski definition) is 1. The molecule has 4 nitrogen and oxygen atoms in total. The molecular formula is C13H13F5N2O2. The van der Waals surface area contributed by atoms with Gasteiger partial charge in [-0.3, -0.25) is 4.90 Å². The fraction of sp³-hybridized carbons (Fsp3) is 0.462. The summed E-state index contributed by atoms with van der Waals surface area (Å²) in [5, 5.41) is 8.80. The molecular weight excluding hydrogens is 311 g/mol. The molecule has 0 aromatic heterocycles. The number of alkyl halides is 3. The van der Waals surface area contributed by atoms with E-state index in [0.29, 0.717) is 6.07 Å². The van der Waals surface area contributed by atoms with Crippen LogP contribution in [-0.4, -0.2) is 53.4 Å². The van der Waals surface area contributed by atoms with Gasteiger partial charge >= 0.3 is 12.3 Å². The Morgan fingerprint density at radius 3 is 2.18 bits per heavy atom. The van der Waals surface area contributed by atoms with Crippen molar-refractivity contribution in [1.29, 1.82) is 0 Å². The van der Waals surface area contributed by atoms with E-state index in [-0.39, 0.29) is 26.2 Å². The lowest BCUT2D eigenvalue weighted by Gasteiger charge is -2.39. The maximum absolute atomic E-state index is 13.7. The molecule has 1 saturated heterocycles. The van der Waals surface area contributed by atoms with Crippen LogP contribution in [-0.2, 0) is 0 Å². The number of carboxylic acid groups (broad SMARTS) is 1. The van der Waals surface area contributed by atoms with Crippen molar-refractivity contribution in [2.45, 2.75) is 12.2 Å². The topological polar surface area (TPSA) is 43.8 Å². The number of halogens is 5. The molecule has 2 rings (SSSR count). The van der Waals surface area contributed by atoms with Crippen molar-refractivity contribution in [3.63, 3.8) is 0 Å². The van der Waals surface area contributed by atoms with Gasteiger partial charge in [0, 0.05) is 37.8 Å². The zero-order chi connectivity index (χ0) is 16.5. The number of amides is 1. The number of hydrogen-bond acceptors (Lipinski definition) is 2. The minimum atomic E-state index is -4.76. The van der Waals surface area contributed by atoms with Crippen LogP contribution >= 0.6 is 0 Å². The smallest absolute Gasteiger partial charge is 0.408 e. The van der Waals surface area contributed by atoms with Crippen molar-refractivity contribution >= 4 is 6.09 Å². The Morgan fingerprint density at radius 1 is 1.14 bits per heavy atom. The molecule has 1 aliphatic rings. The lowest BCUT2D eigenvalue weighted by Crippen LogP contribution is -2.52. The number of nitrogens with zero attached hydrogens (tertiary/aromatic N) is 2. The van der Waals surface area contributed by atoms with Gasteiger partial charge in [-0.05, 0) is 6.07 Å². The number of rotatable bonds is 2. The summed E-state index contributed by atoms with van der Waals surface area (Å²) in [7, 11) is 0. The van der Waals surface area contributed by atoms with Crippen LogP contribution in [0.25, 0.3) is 0 Å². The molecule has 0 bridgehead atoms. The summed E-state index contributed by atoms with van der Waals surface area (Å²) in [5.41, 5.74) is -0.669. The van der Waals surface area contributed by atoms with Crippen molar-refractivity contribution in [1.82, 2.24) is 9.80 Å². The third kappa shape index (κ3) is 3.46. The highest BCUT2D eigenvalue weighted by Crippen LogP contribution is 2.39. The monoisotopic (exact) mass is 324 g/mol. The Balaban J connectivity index is 2.27. The molecule has 22 heavy (non-hydrogen) atoms. The molecule has 1 fully saturated rings. The van der Waals surface area contributed by atoms with Crippen LogP contribution in [0.4, 0.5) is 26.7 Å². The lowest BCUT2D eigenvalue weighted by molar-refractivity contribution is -0.190. The normalized spacial score (nSPS) is 18.3. The standard InChI is InChI=1S/C13H13F5N2O2/c14-8-1-2-9(10(15)7-8)11(13(16,17)18)19-3-5-20(6-4-19)12(21)22/h1-2,7,11H,3-6H2,(H,21,22). The maximum Gasteiger partial charge on any atom is 0.408 e. The van der Waals surface area contributed by atoms with Crippen LogP contribution in [0.15, 0.2) is 18.2 Å². The fourth-order valence-electron chi connectivity index (χ4n) is 2.47. The van der Waals surface area contributed by atoms with E-state index in [1.807, 2.05) is 0 Å². The second kappa shape index (κ2) is 6.07. The first kappa shape index (κ1) is 16.5. The Bertz CT molecular complexity index is 556. The average Bonchev–Trinajstić information content (AvgIpc) is 2.41. The molecule has 1 heterocycles. The number of carbonyl (C=O) groups is 1. The highest BCUT2D eigenvalue weighted by atomic mass is 19.4. The molecule has 0 saturated carbocycles. The van der Waals surface area contributed by atoms with Crippen molar-refractivity contribution in [3.05, 3.63) is 35.4 Å². The van der Waals surface area contributed by atoms with E-state index in [1.54, 1.807) is 0 Å². The second-order valence-electron chi connectivity index (χ2n) is 4.92. The first-order valence-electron chi connectivity index (χ1n) is 6.43. The lowest BCUT2D eigenvalue weighted by atomic mass is 10.0. The van der Waals surface area contributed by atoms with Crippen molar-refractivity contribution in [2.75, 3.05) is 26.2 Å². The van der Waals surface area contributed by atoms with Gasteiger partial charge in [-0.1, -0.05) is 6.07 Å². The van der Waals surface area contributed by atoms with Crippen LogP contribution < -0.4 is 0 Å². The summed E-state index contributed by atoms with van der Waals surface area (Å²) in [4.78, 5) is 12.7. The van der Waals surface area contributed by atoms with Crippen LogP contribution in [0.2, 0.25) is 0 Å². The first-order valence-corrected chi connectivity index (χ1v) is 6.43. The quantitative estimate of drug-likeness (QED) is 0.851. The Hall–Kier alpha value is -1.90. The van der Waals surface area contributed by atoms with Gasteiger partial charge in [-0.2, -0.15) is 13.2 Å². The molecule has 0 radical (unpaired) electrons. The molecule has 122 valence electrons. The summed E-state index contributed by atoms with van der Waals surface area (Å²) >= 11 is 0. The molecule has 1 amide bonds. The van der Waals surface area contributed by atoms with E-state index < -0.39 is 35.5 Å². The summed E-state index contributed by atoms with van der Waals surface area (Å²) in [6, 6.07) is -0.289. The number of piperazine rings is 1. The van der Waals surface area contributed by atoms with E-state index in [2.05, 4.69) is 0 Å². The van der Waals surface area contributed by atoms with Crippen LogP contribution in [0.1, 0.15) is 11.6 Å². The molecule has 1 aromatic carbocycles. The van der Waals surface area contributed by atoms with E-state index in [9.17, 15) is 26.7 Å². The first-order chi connectivity index (χ1) is 10.2. The van der Waals surface area contributed by atoms with Gasteiger partial charge in [0.1, 0.15) is 17.7 Å². The van der Waals surface area contributed by atoms with Gasteiger partial charge in [0.25, 0.3) is 0 Å². The summed E-state index contributed by atoms with van der Waals surface area (Å²) in [6.07, 6.45) is -5.97. The third-order valence-electron chi connectivity index (χ3n) is 3.52. The SMILES string of the molecule is O=C(O)N1CCN(C(c2ccc(F)cc2F)C(F)(F)F)CC1. The maximum atomic E-state index is 13.7. The number of benzene rings is 1. The molecule has 1 aliphatic heterocycles. The van der Waals surface area contributed by atoms with Gasteiger partial charge in [0.2, 0.25) is 0 Å². The Kier molecular flexibility index (Phi) is 4.55. The van der Waals surface area contributed by atoms with E-state index in [1.165, 1.54) is 0 Å². The highest BCUT2D eigenvalue weighted by molar-refractivity contribution is 5.65. The summed E-state index contributed by atoms with van der Waals surface area (Å²) < 4.78 is 66.5. The molecule has 9 heteroatoms. The zero-order valence-electron chi connectivity index (χ0n) is 11.3.